The first kappa shape index (κ1) is 31.6. The molecule has 270 valence electrons. The molecule has 0 N–H and O–H groups in total. The minimum atomic E-state index is -0.513. The molecule has 3 nitrogen and oxygen atoms in total. The zero-order valence-corrected chi connectivity index (χ0v) is 31.4. The topological polar surface area (TPSA) is 21.3 Å². The smallest absolute Gasteiger partial charge is 0.145 e. The van der Waals surface area contributed by atoms with Crippen molar-refractivity contribution >= 4 is 60.8 Å². The Hall–Kier alpha value is -7.62. The first-order valence-corrected chi connectivity index (χ1v) is 20.0. The molecule has 0 unspecified atom stereocenters. The van der Waals surface area contributed by atoms with Gasteiger partial charge in [-0.05, 0) is 111 Å². The summed E-state index contributed by atoms with van der Waals surface area (Å²) < 4.78 is 9.51. The van der Waals surface area contributed by atoms with Crippen molar-refractivity contribution in [2.24, 2.45) is 0 Å². The number of para-hydroxylation sites is 4. The number of fused-ring (bicyclic) bond motifs is 16. The summed E-state index contributed by atoms with van der Waals surface area (Å²) in [4.78, 5) is 2.30. The van der Waals surface area contributed by atoms with Crippen LogP contribution in [0, 0.1) is 0 Å². The number of rotatable bonds is 4. The highest BCUT2D eigenvalue weighted by atomic mass is 16.3. The largest absolute Gasteiger partial charge is 0.455 e. The molecule has 2 aliphatic rings. The van der Waals surface area contributed by atoms with Gasteiger partial charge in [-0.3, -0.25) is 0 Å². The Morgan fingerprint density at radius 2 is 0.983 bits per heavy atom. The van der Waals surface area contributed by atoms with Gasteiger partial charge in [0.1, 0.15) is 11.2 Å². The predicted molar refractivity (Wildman–Crippen MR) is 239 cm³/mol. The van der Waals surface area contributed by atoms with Crippen LogP contribution in [0.3, 0.4) is 0 Å². The van der Waals surface area contributed by atoms with E-state index >= 15 is 0 Å². The van der Waals surface area contributed by atoms with E-state index in [2.05, 4.69) is 216 Å². The van der Waals surface area contributed by atoms with E-state index < -0.39 is 5.41 Å². The Labute approximate surface area is 335 Å². The van der Waals surface area contributed by atoms with Gasteiger partial charge in [0, 0.05) is 33.2 Å². The fourth-order valence-electron chi connectivity index (χ4n) is 10.4. The zero-order valence-electron chi connectivity index (χ0n) is 31.4. The number of hydrogen-bond donors (Lipinski definition) is 0. The molecule has 58 heavy (non-hydrogen) atoms. The van der Waals surface area contributed by atoms with Crippen LogP contribution in [-0.2, 0) is 5.41 Å². The second kappa shape index (κ2) is 11.7. The van der Waals surface area contributed by atoms with Gasteiger partial charge in [0.2, 0.25) is 0 Å². The molecule has 0 amide bonds. The van der Waals surface area contributed by atoms with Crippen molar-refractivity contribution in [1.82, 2.24) is 4.57 Å². The monoisotopic (exact) mass is 738 g/mol. The summed E-state index contributed by atoms with van der Waals surface area (Å²) in [6, 6.07) is 75.2. The molecule has 3 heteroatoms. The number of nitrogens with zero attached hydrogens (tertiary/aromatic N) is 2. The normalized spacial score (nSPS) is 13.3. The van der Waals surface area contributed by atoms with Crippen molar-refractivity contribution in [1.29, 1.82) is 0 Å². The lowest BCUT2D eigenvalue weighted by atomic mass is 9.65. The summed E-state index contributed by atoms with van der Waals surface area (Å²) in [5, 5.41) is 4.63. The summed E-state index contributed by atoms with van der Waals surface area (Å²) in [6.07, 6.45) is 0. The van der Waals surface area contributed by atoms with Crippen LogP contribution in [0.15, 0.2) is 211 Å². The van der Waals surface area contributed by atoms with Crippen molar-refractivity contribution in [3.05, 3.63) is 229 Å². The molecule has 0 radical (unpaired) electrons. The van der Waals surface area contributed by atoms with Gasteiger partial charge in [-0.25, -0.2) is 0 Å². The third kappa shape index (κ3) is 4.07. The summed E-state index contributed by atoms with van der Waals surface area (Å²) in [5.41, 5.74) is 18.4. The number of aromatic nitrogens is 1. The van der Waals surface area contributed by atoms with Gasteiger partial charge < -0.3 is 13.9 Å². The van der Waals surface area contributed by atoms with E-state index in [-0.39, 0.29) is 0 Å². The molecule has 0 saturated carbocycles. The van der Waals surface area contributed by atoms with Crippen molar-refractivity contribution in [3.8, 4) is 27.9 Å². The van der Waals surface area contributed by atoms with E-state index in [0.29, 0.717) is 0 Å². The molecule has 0 atom stereocenters. The summed E-state index contributed by atoms with van der Waals surface area (Å²) in [5.74, 6) is 0. The lowest BCUT2D eigenvalue weighted by Crippen LogP contribution is -2.33. The van der Waals surface area contributed by atoms with E-state index in [0.717, 1.165) is 50.1 Å². The van der Waals surface area contributed by atoms with Gasteiger partial charge in [0.15, 0.2) is 0 Å². The Kier molecular flexibility index (Phi) is 6.37. The molecule has 9 aromatic carbocycles. The van der Waals surface area contributed by atoms with E-state index in [1.54, 1.807) is 0 Å². The molecule has 1 aliphatic carbocycles. The van der Waals surface area contributed by atoms with Gasteiger partial charge in [0.05, 0.1) is 27.5 Å². The zero-order chi connectivity index (χ0) is 38.0. The molecular formula is C55H34N2O. The molecule has 1 aliphatic heterocycles. The van der Waals surface area contributed by atoms with Crippen LogP contribution in [0.5, 0.6) is 0 Å². The molecule has 2 aromatic heterocycles. The predicted octanol–water partition coefficient (Wildman–Crippen LogP) is 14.5. The Bertz CT molecular complexity index is 3360. The molecule has 0 fully saturated rings. The van der Waals surface area contributed by atoms with E-state index in [4.69, 9.17) is 4.42 Å². The number of anilines is 3. The summed E-state index contributed by atoms with van der Waals surface area (Å²) in [6.45, 7) is 0. The van der Waals surface area contributed by atoms with Gasteiger partial charge in [-0.1, -0.05) is 140 Å². The van der Waals surface area contributed by atoms with Crippen molar-refractivity contribution in [2.75, 3.05) is 4.90 Å². The van der Waals surface area contributed by atoms with Crippen molar-refractivity contribution in [2.45, 2.75) is 5.41 Å². The third-order valence-corrected chi connectivity index (χ3v) is 12.8. The molecule has 11 aromatic rings. The fourth-order valence-corrected chi connectivity index (χ4v) is 10.4. The Balaban J connectivity index is 1.07. The third-order valence-electron chi connectivity index (χ3n) is 12.8. The lowest BCUT2D eigenvalue weighted by molar-refractivity contribution is 0.672. The summed E-state index contributed by atoms with van der Waals surface area (Å²) >= 11 is 0. The Morgan fingerprint density at radius 1 is 0.414 bits per heavy atom. The van der Waals surface area contributed by atoms with Gasteiger partial charge in [-0.15, -0.1) is 0 Å². The highest BCUT2D eigenvalue weighted by Gasteiger charge is 2.51. The van der Waals surface area contributed by atoms with E-state index in [1.807, 2.05) is 0 Å². The first-order chi connectivity index (χ1) is 28.8. The van der Waals surface area contributed by atoms with Crippen LogP contribution in [0.1, 0.15) is 22.3 Å². The second-order valence-electron chi connectivity index (χ2n) is 15.6. The number of benzene rings is 9. The second-order valence-corrected chi connectivity index (χ2v) is 15.6. The average molecular weight is 739 g/mol. The Morgan fingerprint density at radius 3 is 1.69 bits per heavy atom. The molecule has 0 bridgehead atoms. The van der Waals surface area contributed by atoms with Crippen LogP contribution >= 0.6 is 0 Å². The average Bonchev–Trinajstić information content (AvgIpc) is 3.94. The highest BCUT2D eigenvalue weighted by Crippen LogP contribution is 2.62. The molecular weight excluding hydrogens is 705 g/mol. The quantitative estimate of drug-likeness (QED) is 0.179. The van der Waals surface area contributed by atoms with Gasteiger partial charge in [-0.2, -0.15) is 0 Å². The van der Waals surface area contributed by atoms with Gasteiger partial charge >= 0.3 is 0 Å². The fraction of sp³-hybridized carbons (Fsp3) is 0.0182. The maximum Gasteiger partial charge on any atom is 0.145 e. The van der Waals surface area contributed by atoms with E-state index in [9.17, 15) is 0 Å². The van der Waals surface area contributed by atoms with E-state index in [1.165, 1.54) is 60.9 Å². The van der Waals surface area contributed by atoms with Gasteiger partial charge in [0.25, 0.3) is 0 Å². The minimum absolute atomic E-state index is 0.513. The molecule has 13 rings (SSSR count). The highest BCUT2D eigenvalue weighted by molar-refractivity contribution is 6.26. The van der Waals surface area contributed by atoms with Crippen LogP contribution < -0.4 is 4.90 Å². The first-order valence-electron chi connectivity index (χ1n) is 20.0. The number of furan rings is 1. The van der Waals surface area contributed by atoms with Crippen LogP contribution in [0.25, 0.3) is 71.7 Å². The van der Waals surface area contributed by atoms with Crippen molar-refractivity contribution in [3.63, 3.8) is 0 Å². The molecule has 0 saturated heterocycles. The van der Waals surface area contributed by atoms with Crippen LogP contribution in [-0.4, -0.2) is 4.57 Å². The lowest BCUT2D eigenvalue weighted by Gasteiger charge is -2.39. The maximum absolute atomic E-state index is 7.01. The maximum atomic E-state index is 7.01. The summed E-state index contributed by atoms with van der Waals surface area (Å²) in [7, 11) is 0. The standard InChI is InChI=1S/C55H34N2O/c1-3-15-37(16-4-1)56(38-17-5-2-6-18-38)39-30-27-35(28-31-39)36-29-32-51-43(33-36)44-34-48-53-52(54(44)58-51)42-21-9-13-25-49(42)57(53)50-26-14-12-24-47(50)55(48)45-22-10-7-19-40(45)41-20-8-11-23-46(41)55/h1-34H. The molecule has 3 heterocycles. The minimum Gasteiger partial charge on any atom is -0.455 e. The van der Waals surface area contributed by atoms with Crippen LogP contribution in [0.4, 0.5) is 17.1 Å². The number of hydrogen-bond acceptors (Lipinski definition) is 2. The van der Waals surface area contributed by atoms with Crippen LogP contribution in [0.2, 0.25) is 0 Å². The molecule has 1 spiro atoms. The van der Waals surface area contributed by atoms with Crippen molar-refractivity contribution < 1.29 is 4.42 Å². The SMILES string of the molecule is c1ccc(N(c2ccccc2)c2ccc(-c3ccc4oc5c(cc6c7c5c5ccccc5n7-c5ccccc5C65c6ccccc6-c6ccccc65)c4c3)cc2)cc1.